The molecule has 1 aliphatic heterocycles. The minimum absolute atomic E-state index is 0.111. The molecule has 0 aromatic carbocycles. The summed E-state index contributed by atoms with van der Waals surface area (Å²) in [5.74, 6) is 0. The van der Waals surface area contributed by atoms with E-state index in [2.05, 4.69) is 0 Å². The van der Waals surface area contributed by atoms with Crippen LogP contribution < -0.4 is 5.73 Å². The summed E-state index contributed by atoms with van der Waals surface area (Å²) in [7, 11) is 0. The number of rotatable bonds is 2. The van der Waals surface area contributed by atoms with E-state index in [0.29, 0.717) is 6.10 Å². The van der Waals surface area contributed by atoms with Crippen molar-refractivity contribution in [3.8, 4) is 0 Å². The molecule has 82 valence electrons. The van der Waals surface area contributed by atoms with E-state index in [9.17, 15) is 0 Å². The van der Waals surface area contributed by atoms with Gasteiger partial charge in [0, 0.05) is 12.1 Å². The highest BCUT2D eigenvalue weighted by Crippen LogP contribution is 2.32. The number of hydrogen-bond acceptors (Lipinski definition) is 2. The lowest BCUT2D eigenvalue weighted by molar-refractivity contribution is -0.00641. The summed E-state index contributed by atoms with van der Waals surface area (Å²) >= 11 is 0. The van der Waals surface area contributed by atoms with E-state index in [1.165, 1.54) is 51.4 Å². The fourth-order valence-electron chi connectivity index (χ4n) is 2.88. The summed E-state index contributed by atoms with van der Waals surface area (Å²) in [5, 5.41) is 0. The molecule has 0 aromatic rings. The zero-order valence-electron chi connectivity index (χ0n) is 9.13. The van der Waals surface area contributed by atoms with Crippen molar-refractivity contribution in [2.24, 2.45) is 5.73 Å². The molecule has 1 heterocycles. The number of ether oxygens (including phenoxy) is 1. The van der Waals surface area contributed by atoms with E-state index in [1.54, 1.807) is 0 Å². The van der Waals surface area contributed by atoms with Crippen LogP contribution in [-0.4, -0.2) is 18.2 Å². The quantitative estimate of drug-likeness (QED) is 0.738. The van der Waals surface area contributed by atoms with Gasteiger partial charge in [0.2, 0.25) is 0 Å². The Bertz CT molecular complexity index is 169. The van der Waals surface area contributed by atoms with Crippen molar-refractivity contribution < 1.29 is 4.74 Å². The molecule has 2 nitrogen and oxygen atoms in total. The van der Waals surface area contributed by atoms with Crippen LogP contribution >= 0.6 is 0 Å². The molecule has 2 fully saturated rings. The molecule has 2 heteroatoms. The number of nitrogens with two attached hydrogens (primary N) is 1. The van der Waals surface area contributed by atoms with Gasteiger partial charge in [-0.05, 0) is 38.5 Å². The molecule has 1 atom stereocenters. The van der Waals surface area contributed by atoms with Crippen molar-refractivity contribution in [1.82, 2.24) is 0 Å². The van der Waals surface area contributed by atoms with Gasteiger partial charge in [0.15, 0.2) is 0 Å². The molecule has 0 amide bonds. The van der Waals surface area contributed by atoms with Crippen molar-refractivity contribution in [2.45, 2.75) is 69.4 Å². The Morgan fingerprint density at radius 3 is 2.50 bits per heavy atom. The first-order chi connectivity index (χ1) is 6.79. The van der Waals surface area contributed by atoms with Gasteiger partial charge in [-0.25, -0.2) is 0 Å². The second-order valence-corrected chi connectivity index (χ2v) is 5.12. The maximum Gasteiger partial charge on any atom is 0.0592 e. The van der Waals surface area contributed by atoms with E-state index in [-0.39, 0.29) is 5.54 Å². The molecule has 1 aliphatic carbocycles. The Morgan fingerprint density at radius 1 is 1.07 bits per heavy atom. The molecule has 0 radical (unpaired) electrons. The number of hydrogen-bond donors (Lipinski definition) is 1. The summed E-state index contributed by atoms with van der Waals surface area (Å²) in [5.41, 5.74) is 6.52. The zero-order chi connectivity index (χ0) is 9.86. The van der Waals surface area contributed by atoms with Gasteiger partial charge in [-0.1, -0.05) is 19.3 Å². The second-order valence-electron chi connectivity index (χ2n) is 5.12. The Morgan fingerprint density at radius 2 is 1.86 bits per heavy atom. The molecule has 2 rings (SSSR count). The summed E-state index contributed by atoms with van der Waals surface area (Å²) < 4.78 is 5.77. The highest BCUT2D eigenvalue weighted by Gasteiger charge is 2.31. The third kappa shape index (κ3) is 2.71. The van der Waals surface area contributed by atoms with Crippen LogP contribution in [0.25, 0.3) is 0 Å². The van der Waals surface area contributed by atoms with Crippen LogP contribution in [0.4, 0.5) is 0 Å². The van der Waals surface area contributed by atoms with E-state index in [0.717, 1.165) is 13.0 Å². The van der Waals surface area contributed by atoms with Gasteiger partial charge in [-0.3, -0.25) is 0 Å². The highest BCUT2D eigenvalue weighted by atomic mass is 16.5. The molecule has 2 aliphatic rings. The van der Waals surface area contributed by atoms with Gasteiger partial charge >= 0.3 is 0 Å². The van der Waals surface area contributed by atoms with Crippen LogP contribution in [0.1, 0.15) is 57.8 Å². The summed E-state index contributed by atoms with van der Waals surface area (Å²) in [6, 6.07) is 0. The average molecular weight is 197 g/mol. The molecule has 1 saturated carbocycles. The van der Waals surface area contributed by atoms with Gasteiger partial charge in [-0.2, -0.15) is 0 Å². The van der Waals surface area contributed by atoms with Crippen molar-refractivity contribution in [1.29, 1.82) is 0 Å². The topological polar surface area (TPSA) is 35.2 Å². The molecule has 1 saturated heterocycles. The molecule has 1 unspecified atom stereocenters. The Labute approximate surface area is 87.2 Å². The predicted octanol–water partition coefficient (Wildman–Crippen LogP) is 2.61. The van der Waals surface area contributed by atoms with Crippen LogP contribution in [-0.2, 0) is 4.74 Å². The lowest BCUT2D eigenvalue weighted by Crippen LogP contribution is -2.45. The molecule has 0 bridgehead atoms. The summed E-state index contributed by atoms with van der Waals surface area (Å²) in [6.45, 7) is 0.959. The summed E-state index contributed by atoms with van der Waals surface area (Å²) in [4.78, 5) is 0. The predicted molar refractivity (Wildman–Crippen MR) is 58.2 cm³/mol. The van der Waals surface area contributed by atoms with Crippen molar-refractivity contribution in [3.05, 3.63) is 0 Å². The zero-order valence-corrected chi connectivity index (χ0v) is 9.13. The summed E-state index contributed by atoms with van der Waals surface area (Å²) in [6.07, 6.45) is 11.8. The second kappa shape index (κ2) is 4.63. The first kappa shape index (κ1) is 10.4. The first-order valence-corrected chi connectivity index (χ1v) is 6.19. The van der Waals surface area contributed by atoms with Crippen molar-refractivity contribution >= 4 is 0 Å². The lowest BCUT2D eigenvalue weighted by atomic mass is 9.78. The minimum atomic E-state index is 0.111. The Balaban J connectivity index is 1.81. The van der Waals surface area contributed by atoms with Gasteiger partial charge < -0.3 is 10.5 Å². The molecule has 14 heavy (non-hydrogen) atoms. The van der Waals surface area contributed by atoms with Gasteiger partial charge in [0.25, 0.3) is 0 Å². The molecule has 0 spiro atoms. The van der Waals surface area contributed by atoms with Crippen LogP contribution in [0.15, 0.2) is 0 Å². The first-order valence-electron chi connectivity index (χ1n) is 6.19. The fraction of sp³-hybridized carbons (Fsp3) is 1.00. The maximum atomic E-state index is 6.41. The fourth-order valence-corrected chi connectivity index (χ4v) is 2.88. The van der Waals surface area contributed by atoms with Crippen LogP contribution in [0.5, 0.6) is 0 Å². The third-order valence-corrected chi connectivity index (χ3v) is 3.76. The van der Waals surface area contributed by atoms with E-state index >= 15 is 0 Å². The average Bonchev–Trinajstić information content (AvgIpc) is 2.19. The van der Waals surface area contributed by atoms with Gasteiger partial charge in [0.05, 0.1) is 6.10 Å². The highest BCUT2D eigenvalue weighted by molar-refractivity contribution is 4.90. The van der Waals surface area contributed by atoms with Gasteiger partial charge in [0.1, 0.15) is 0 Å². The lowest BCUT2D eigenvalue weighted by Gasteiger charge is -2.37. The van der Waals surface area contributed by atoms with E-state index in [1.807, 2.05) is 0 Å². The van der Waals surface area contributed by atoms with Crippen LogP contribution in [0.2, 0.25) is 0 Å². The molecular weight excluding hydrogens is 174 g/mol. The molecule has 2 N–H and O–H groups in total. The van der Waals surface area contributed by atoms with E-state index in [4.69, 9.17) is 10.5 Å². The largest absolute Gasteiger partial charge is 0.378 e. The Hall–Kier alpha value is -0.0800. The van der Waals surface area contributed by atoms with Crippen LogP contribution in [0, 0.1) is 0 Å². The normalized spacial score (nSPS) is 32.8. The van der Waals surface area contributed by atoms with Crippen molar-refractivity contribution in [3.63, 3.8) is 0 Å². The molecular formula is C12H23NO. The smallest absolute Gasteiger partial charge is 0.0592 e. The maximum absolute atomic E-state index is 6.41. The third-order valence-electron chi connectivity index (χ3n) is 3.76. The van der Waals surface area contributed by atoms with Gasteiger partial charge in [-0.15, -0.1) is 0 Å². The minimum Gasteiger partial charge on any atom is -0.378 e. The standard InChI is InChI=1S/C12H23NO/c13-12(7-3-1-4-8-12)10-11-6-2-5-9-14-11/h11H,1-10,13H2. The molecule has 0 aromatic heterocycles. The van der Waals surface area contributed by atoms with E-state index < -0.39 is 0 Å². The SMILES string of the molecule is NC1(CC2CCCCO2)CCCCC1. The monoisotopic (exact) mass is 197 g/mol. The van der Waals surface area contributed by atoms with Crippen molar-refractivity contribution in [2.75, 3.05) is 6.61 Å². The Kier molecular flexibility index (Phi) is 3.45. The van der Waals surface area contributed by atoms with Crippen LogP contribution in [0.3, 0.4) is 0 Å².